The molecule has 1 aliphatic carbocycles. The van der Waals surface area contributed by atoms with Gasteiger partial charge in [0.1, 0.15) is 6.10 Å². The van der Waals surface area contributed by atoms with E-state index in [1.807, 2.05) is 43.3 Å². The Morgan fingerprint density at radius 3 is 2.13 bits per heavy atom. The normalized spacial score (nSPS) is 24.1. The number of esters is 1. The van der Waals surface area contributed by atoms with Crippen LogP contribution in [0.15, 0.2) is 60.7 Å². The van der Waals surface area contributed by atoms with Gasteiger partial charge in [-0.1, -0.05) is 60.7 Å². The maximum absolute atomic E-state index is 11.4. The zero-order valence-corrected chi connectivity index (χ0v) is 13.4. The molecule has 120 valence electrons. The van der Waals surface area contributed by atoms with E-state index in [0.717, 1.165) is 13.0 Å². The molecule has 1 saturated heterocycles. The Morgan fingerprint density at radius 2 is 1.61 bits per heavy atom. The third kappa shape index (κ3) is 4.42. The van der Waals surface area contributed by atoms with Crippen molar-refractivity contribution in [3.63, 3.8) is 0 Å². The smallest absolute Gasteiger partial charge is 0.309 e. The first-order chi connectivity index (χ1) is 11.3. The summed E-state index contributed by atoms with van der Waals surface area (Å²) in [4.78, 5) is 11.4. The summed E-state index contributed by atoms with van der Waals surface area (Å²) in [6.45, 7) is 3.23. The molecule has 4 rings (SSSR count). The van der Waals surface area contributed by atoms with Gasteiger partial charge in [0, 0.05) is 0 Å². The highest BCUT2D eigenvalue weighted by molar-refractivity contribution is 5.77. The summed E-state index contributed by atoms with van der Waals surface area (Å²) in [6.07, 6.45) is 1.36. The van der Waals surface area contributed by atoms with Gasteiger partial charge in [-0.15, -0.1) is 0 Å². The minimum Gasteiger partial charge on any atom is -0.466 e. The largest absolute Gasteiger partial charge is 0.466 e. The Balaban J connectivity index is 0.000000149. The Labute approximate surface area is 137 Å². The lowest BCUT2D eigenvalue weighted by molar-refractivity contribution is -0.144. The summed E-state index contributed by atoms with van der Waals surface area (Å²) in [7, 11) is 0. The number of benzene rings is 2. The zero-order valence-electron chi connectivity index (χ0n) is 13.4. The van der Waals surface area contributed by atoms with Crippen molar-refractivity contribution in [2.45, 2.75) is 25.4 Å². The van der Waals surface area contributed by atoms with E-state index in [9.17, 15) is 4.79 Å². The van der Waals surface area contributed by atoms with Crippen molar-refractivity contribution in [2.24, 2.45) is 5.92 Å². The van der Waals surface area contributed by atoms with Crippen LogP contribution in [0.2, 0.25) is 0 Å². The van der Waals surface area contributed by atoms with E-state index in [1.54, 1.807) is 0 Å². The van der Waals surface area contributed by atoms with Crippen LogP contribution in [-0.2, 0) is 14.3 Å². The van der Waals surface area contributed by atoms with Crippen LogP contribution in [0.25, 0.3) is 0 Å². The molecule has 0 N–H and O–H groups in total. The van der Waals surface area contributed by atoms with Crippen LogP contribution >= 0.6 is 0 Å². The van der Waals surface area contributed by atoms with Crippen molar-refractivity contribution in [2.75, 3.05) is 13.2 Å². The van der Waals surface area contributed by atoms with Crippen molar-refractivity contribution < 1.29 is 14.3 Å². The lowest BCUT2D eigenvalue weighted by Crippen LogP contribution is -2.07. The number of carbonyl (C=O) groups excluding carboxylic acids is 1. The summed E-state index contributed by atoms with van der Waals surface area (Å²) in [6, 6.07) is 20.4. The summed E-state index contributed by atoms with van der Waals surface area (Å²) in [5.74, 6) is 0.467. The Hall–Kier alpha value is -2.13. The van der Waals surface area contributed by atoms with Crippen molar-refractivity contribution in [1.82, 2.24) is 0 Å². The van der Waals surface area contributed by atoms with Gasteiger partial charge in [0.05, 0.1) is 19.1 Å². The Kier molecular flexibility index (Phi) is 5.09. The molecule has 0 bridgehead atoms. The molecule has 1 heterocycles. The number of epoxide rings is 1. The molecule has 1 aliphatic heterocycles. The molecule has 2 aromatic carbocycles. The van der Waals surface area contributed by atoms with E-state index in [1.165, 1.54) is 11.1 Å². The van der Waals surface area contributed by atoms with Crippen LogP contribution in [-0.4, -0.2) is 19.2 Å². The van der Waals surface area contributed by atoms with E-state index >= 15 is 0 Å². The average molecular weight is 310 g/mol. The Morgan fingerprint density at radius 1 is 1.04 bits per heavy atom. The summed E-state index contributed by atoms with van der Waals surface area (Å²) in [5, 5.41) is 0. The number of hydrogen-bond donors (Lipinski definition) is 0. The lowest BCUT2D eigenvalue weighted by atomic mass is 10.1. The number of ether oxygens (including phenoxy) is 2. The summed E-state index contributed by atoms with van der Waals surface area (Å²) >= 11 is 0. The Bertz CT molecular complexity index is 620. The first-order valence-electron chi connectivity index (χ1n) is 8.17. The fourth-order valence-corrected chi connectivity index (χ4v) is 2.68. The van der Waals surface area contributed by atoms with Gasteiger partial charge in [0.15, 0.2) is 0 Å². The third-order valence-corrected chi connectivity index (χ3v) is 4.11. The van der Waals surface area contributed by atoms with Gasteiger partial charge in [0.2, 0.25) is 0 Å². The second-order valence-electron chi connectivity index (χ2n) is 5.84. The maximum atomic E-state index is 11.4. The van der Waals surface area contributed by atoms with Gasteiger partial charge in [-0.2, -0.15) is 0 Å². The first kappa shape index (κ1) is 15.8. The van der Waals surface area contributed by atoms with Crippen LogP contribution in [0, 0.1) is 5.92 Å². The number of hydrogen-bond acceptors (Lipinski definition) is 3. The molecule has 1 saturated carbocycles. The van der Waals surface area contributed by atoms with Crippen molar-refractivity contribution in [3.05, 3.63) is 71.8 Å². The van der Waals surface area contributed by atoms with Crippen LogP contribution in [0.1, 0.15) is 36.5 Å². The molecule has 0 spiro atoms. The topological polar surface area (TPSA) is 38.8 Å². The van der Waals surface area contributed by atoms with E-state index in [2.05, 4.69) is 24.3 Å². The fraction of sp³-hybridized carbons (Fsp3) is 0.350. The molecule has 2 aromatic rings. The third-order valence-electron chi connectivity index (χ3n) is 4.11. The molecular weight excluding hydrogens is 288 g/mol. The SMILES string of the molecule is CCOC(=O)[C@H]1C[C@@H]1c1ccccc1.c1ccc(C2CO2)cc1. The minimum atomic E-state index is -0.0404. The second-order valence-corrected chi connectivity index (χ2v) is 5.84. The summed E-state index contributed by atoms with van der Waals surface area (Å²) < 4.78 is 10.1. The monoisotopic (exact) mass is 310 g/mol. The highest BCUT2D eigenvalue weighted by Gasteiger charge is 2.44. The molecule has 0 amide bonds. The molecule has 0 aromatic heterocycles. The highest BCUT2D eigenvalue weighted by atomic mass is 16.6. The van der Waals surface area contributed by atoms with Gasteiger partial charge in [0.25, 0.3) is 0 Å². The van der Waals surface area contributed by atoms with Crippen LogP contribution in [0.5, 0.6) is 0 Å². The predicted molar refractivity (Wildman–Crippen MR) is 89.1 cm³/mol. The first-order valence-corrected chi connectivity index (χ1v) is 8.17. The molecular formula is C20H22O3. The average Bonchev–Trinajstić information content (AvgIpc) is 3.51. The van der Waals surface area contributed by atoms with Crippen molar-refractivity contribution in [1.29, 1.82) is 0 Å². The van der Waals surface area contributed by atoms with Crippen LogP contribution < -0.4 is 0 Å². The zero-order chi connectivity index (χ0) is 16.1. The molecule has 2 aliphatic rings. The minimum absolute atomic E-state index is 0.0404. The molecule has 3 heteroatoms. The van der Waals surface area contributed by atoms with E-state index in [-0.39, 0.29) is 11.9 Å². The predicted octanol–water partition coefficient (Wildman–Crippen LogP) is 4.11. The van der Waals surface area contributed by atoms with Crippen molar-refractivity contribution in [3.8, 4) is 0 Å². The molecule has 3 nitrogen and oxygen atoms in total. The number of rotatable bonds is 4. The van der Waals surface area contributed by atoms with Gasteiger partial charge in [-0.25, -0.2) is 0 Å². The summed E-state index contributed by atoms with van der Waals surface area (Å²) in [5.41, 5.74) is 2.56. The fourth-order valence-electron chi connectivity index (χ4n) is 2.68. The van der Waals surface area contributed by atoms with Gasteiger partial charge in [-0.3, -0.25) is 4.79 Å². The maximum Gasteiger partial charge on any atom is 0.309 e. The van der Waals surface area contributed by atoms with Crippen molar-refractivity contribution >= 4 is 5.97 Å². The van der Waals surface area contributed by atoms with E-state index < -0.39 is 0 Å². The van der Waals surface area contributed by atoms with Gasteiger partial charge < -0.3 is 9.47 Å². The molecule has 1 unspecified atom stereocenters. The molecule has 3 atom stereocenters. The quantitative estimate of drug-likeness (QED) is 0.630. The molecule has 23 heavy (non-hydrogen) atoms. The van der Waals surface area contributed by atoms with Gasteiger partial charge >= 0.3 is 5.97 Å². The molecule has 2 fully saturated rings. The van der Waals surface area contributed by atoms with E-state index in [0.29, 0.717) is 18.6 Å². The highest BCUT2D eigenvalue weighted by Crippen LogP contribution is 2.47. The second kappa shape index (κ2) is 7.42. The lowest BCUT2D eigenvalue weighted by Gasteiger charge is -2.00. The van der Waals surface area contributed by atoms with E-state index in [4.69, 9.17) is 9.47 Å². The molecule has 0 radical (unpaired) electrons. The van der Waals surface area contributed by atoms with Crippen LogP contribution in [0.4, 0.5) is 0 Å². The van der Waals surface area contributed by atoms with Crippen LogP contribution in [0.3, 0.4) is 0 Å². The number of carbonyl (C=O) groups is 1. The van der Waals surface area contributed by atoms with Gasteiger partial charge in [-0.05, 0) is 30.4 Å². The standard InChI is InChI=1S/C12H14O2.C8H8O/c1-2-14-12(13)11-8-10(11)9-6-4-3-5-7-9;1-2-4-7(5-3-1)8-6-9-8/h3-7,10-11H,2,8H2,1H3;1-5,8H,6H2/t10-,11+;/m1./s1.